The summed E-state index contributed by atoms with van der Waals surface area (Å²) in [6, 6.07) is 5.81. The first-order valence-corrected chi connectivity index (χ1v) is 6.44. The Labute approximate surface area is 125 Å². The first-order chi connectivity index (χ1) is 9.24. The molecule has 0 spiro atoms. The maximum absolute atomic E-state index is 11.6. The highest BCUT2D eigenvalue weighted by Crippen LogP contribution is 2.27. The van der Waals surface area contributed by atoms with Crippen LogP contribution in [0.3, 0.4) is 0 Å². The summed E-state index contributed by atoms with van der Waals surface area (Å²) in [6.45, 7) is 2.23. The topological polar surface area (TPSA) is 59.6 Å². The molecule has 0 aromatic heterocycles. The first kappa shape index (κ1) is 16.6. The third kappa shape index (κ3) is 4.02. The van der Waals surface area contributed by atoms with Crippen LogP contribution in [0.1, 0.15) is 5.56 Å². The third-order valence-corrected chi connectivity index (χ3v) is 3.31. The smallest absolute Gasteiger partial charge is 0.225 e. The lowest BCUT2D eigenvalue weighted by atomic mass is 10.0. The van der Waals surface area contributed by atoms with Crippen molar-refractivity contribution in [2.24, 2.45) is 5.92 Å². The Morgan fingerprint density at radius 1 is 1.30 bits per heavy atom. The number of hydrogen-bond donors (Lipinski definition) is 2. The summed E-state index contributed by atoms with van der Waals surface area (Å²) >= 11 is 0. The molecule has 1 aliphatic heterocycles. The predicted molar refractivity (Wildman–Crippen MR) is 79.9 cm³/mol. The molecule has 20 heavy (non-hydrogen) atoms. The van der Waals surface area contributed by atoms with E-state index in [4.69, 9.17) is 9.47 Å². The third-order valence-electron chi connectivity index (χ3n) is 3.31. The zero-order chi connectivity index (χ0) is 13.7. The summed E-state index contributed by atoms with van der Waals surface area (Å²) in [4.78, 5) is 11.6. The molecule has 1 amide bonds. The van der Waals surface area contributed by atoms with Crippen LogP contribution in [-0.2, 0) is 11.2 Å². The lowest BCUT2D eigenvalue weighted by Gasteiger charge is -2.25. The first-order valence-electron chi connectivity index (χ1n) is 6.44. The van der Waals surface area contributed by atoms with E-state index < -0.39 is 0 Å². The van der Waals surface area contributed by atoms with E-state index in [0.29, 0.717) is 6.54 Å². The van der Waals surface area contributed by atoms with Gasteiger partial charge in [0.2, 0.25) is 5.91 Å². The Balaban J connectivity index is 0.00000200. The van der Waals surface area contributed by atoms with E-state index in [1.54, 1.807) is 14.2 Å². The number of carbonyl (C=O) groups excluding carboxylic acids is 1. The van der Waals surface area contributed by atoms with Crippen LogP contribution in [0.2, 0.25) is 0 Å². The maximum atomic E-state index is 11.6. The number of methoxy groups -OCH3 is 2. The summed E-state index contributed by atoms with van der Waals surface area (Å²) < 4.78 is 10.4. The van der Waals surface area contributed by atoms with Gasteiger partial charge in [0.25, 0.3) is 0 Å². The zero-order valence-electron chi connectivity index (χ0n) is 11.8. The maximum Gasteiger partial charge on any atom is 0.225 e. The second kappa shape index (κ2) is 7.97. The highest BCUT2D eigenvalue weighted by molar-refractivity contribution is 5.85. The second-order valence-corrected chi connectivity index (χ2v) is 4.59. The molecule has 112 valence electrons. The fraction of sp³-hybridized carbons (Fsp3) is 0.500. The monoisotopic (exact) mass is 300 g/mol. The molecule has 1 heterocycles. The second-order valence-electron chi connectivity index (χ2n) is 4.59. The standard InChI is InChI=1S/C14H20N2O3.ClH/c1-18-12-4-3-10(7-13(12)19-2)5-6-16-14(17)11-8-15-9-11;/h3-4,7,11,15H,5-6,8-9H2,1-2H3,(H,16,17);1H. The van der Waals surface area contributed by atoms with E-state index in [2.05, 4.69) is 10.6 Å². The molecule has 1 fully saturated rings. The van der Waals surface area contributed by atoms with Crippen molar-refractivity contribution in [2.45, 2.75) is 6.42 Å². The molecule has 0 bridgehead atoms. The summed E-state index contributed by atoms with van der Waals surface area (Å²) in [7, 11) is 3.23. The van der Waals surface area contributed by atoms with Crippen molar-refractivity contribution < 1.29 is 14.3 Å². The Morgan fingerprint density at radius 3 is 2.55 bits per heavy atom. The van der Waals surface area contributed by atoms with Gasteiger partial charge >= 0.3 is 0 Å². The molecule has 1 aromatic carbocycles. The Hall–Kier alpha value is -1.46. The van der Waals surface area contributed by atoms with Crippen molar-refractivity contribution in [1.29, 1.82) is 0 Å². The number of halogens is 1. The van der Waals surface area contributed by atoms with Gasteiger partial charge in [-0.15, -0.1) is 12.4 Å². The molecule has 1 aliphatic rings. The molecule has 2 rings (SSSR count). The quantitative estimate of drug-likeness (QED) is 0.823. The molecule has 1 aromatic rings. The van der Waals surface area contributed by atoms with Crippen molar-refractivity contribution in [3.63, 3.8) is 0 Å². The van der Waals surface area contributed by atoms with Gasteiger partial charge in [-0.2, -0.15) is 0 Å². The van der Waals surface area contributed by atoms with E-state index in [-0.39, 0.29) is 24.2 Å². The van der Waals surface area contributed by atoms with Gasteiger partial charge in [0.05, 0.1) is 20.1 Å². The highest BCUT2D eigenvalue weighted by Gasteiger charge is 2.24. The molecular formula is C14H21ClN2O3. The zero-order valence-corrected chi connectivity index (χ0v) is 12.6. The van der Waals surface area contributed by atoms with Crippen LogP contribution in [0.5, 0.6) is 11.5 Å². The average molecular weight is 301 g/mol. The minimum absolute atomic E-state index is 0. The fourth-order valence-electron chi connectivity index (χ4n) is 1.98. The van der Waals surface area contributed by atoms with Gasteiger partial charge in [-0.1, -0.05) is 6.07 Å². The summed E-state index contributed by atoms with van der Waals surface area (Å²) in [6.07, 6.45) is 0.784. The Bertz CT molecular complexity index is 450. The molecule has 0 saturated carbocycles. The minimum atomic E-state index is 0. The van der Waals surface area contributed by atoms with Gasteiger partial charge in [-0.3, -0.25) is 4.79 Å². The molecule has 0 radical (unpaired) electrons. The Morgan fingerprint density at radius 2 is 2.00 bits per heavy atom. The van der Waals surface area contributed by atoms with E-state index in [1.165, 1.54) is 0 Å². The van der Waals surface area contributed by atoms with Crippen LogP contribution in [0, 0.1) is 5.92 Å². The molecular weight excluding hydrogens is 280 g/mol. The van der Waals surface area contributed by atoms with E-state index in [0.717, 1.165) is 36.6 Å². The minimum Gasteiger partial charge on any atom is -0.493 e. The summed E-state index contributed by atoms with van der Waals surface area (Å²) in [5.74, 6) is 1.72. The van der Waals surface area contributed by atoms with Crippen molar-refractivity contribution in [2.75, 3.05) is 33.9 Å². The Kier molecular flexibility index (Phi) is 6.61. The number of nitrogens with one attached hydrogen (secondary N) is 2. The number of carbonyl (C=O) groups is 1. The predicted octanol–water partition coefficient (Wildman–Crippen LogP) is 1.00. The van der Waals surface area contributed by atoms with Crippen molar-refractivity contribution in [3.05, 3.63) is 23.8 Å². The molecule has 0 unspecified atom stereocenters. The van der Waals surface area contributed by atoms with Gasteiger partial charge in [-0.25, -0.2) is 0 Å². The van der Waals surface area contributed by atoms with Crippen molar-refractivity contribution >= 4 is 18.3 Å². The molecule has 5 nitrogen and oxygen atoms in total. The summed E-state index contributed by atoms with van der Waals surface area (Å²) in [5.41, 5.74) is 1.12. The number of hydrogen-bond acceptors (Lipinski definition) is 4. The lowest BCUT2D eigenvalue weighted by molar-refractivity contribution is -0.126. The van der Waals surface area contributed by atoms with Crippen LogP contribution in [0.4, 0.5) is 0 Å². The van der Waals surface area contributed by atoms with Crippen molar-refractivity contribution in [1.82, 2.24) is 10.6 Å². The molecule has 1 saturated heterocycles. The van der Waals surface area contributed by atoms with E-state index in [9.17, 15) is 4.79 Å². The number of rotatable bonds is 6. The average Bonchev–Trinajstić information content (AvgIpc) is 2.36. The molecule has 0 aliphatic carbocycles. The molecule has 0 atom stereocenters. The molecule has 2 N–H and O–H groups in total. The largest absolute Gasteiger partial charge is 0.493 e. The number of amides is 1. The van der Waals surface area contributed by atoms with Gasteiger partial charge in [-0.05, 0) is 24.1 Å². The highest BCUT2D eigenvalue weighted by atomic mass is 35.5. The van der Waals surface area contributed by atoms with Crippen LogP contribution in [-0.4, -0.2) is 39.8 Å². The van der Waals surface area contributed by atoms with Gasteiger partial charge in [0.15, 0.2) is 11.5 Å². The van der Waals surface area contributed by atoms with Crippen LogP contribution >= 0.6 is 12.4 Å². The number of benzene rings is 1. The van der Waals surface area contributed by atoms with Gasteiger partial charge < -0.3 is 20.1 Å². The normalized spacial score (nSPS) is 13.9. The van der Waals surface area contributed by atoms with Crippen molar-refractivity contribution in [3.8, 4) is 11.5 Å². The van der Waals surface area contributed by atoms with E-state index >= 15 is 0 Å². The summed E-state index contributed by atoms with van der Waals surface area (Å²) in [5, 5.41) is 6.03. The van der Waals surface area contributed by atoms with Crippen LogP contribution in [0.25, 0.3) is 0 Å². The van der Waals surface area contributed by atoms with E-state index in [1.807, 2.05) is 18.2 Å². The van der Waals surface area contributed by atoms with Crippen LogP contribution < -0.4 is 20.1 Å². The van der Waals surface area contributed by atoms with Gasteiger partial charge in [0.1, 0.15) is 0 Å². The van der Waals surface area contributed by atoms with Gasteiger partial charge in [0, 0.05) is 19.6 Å². The molecule has 6 heteroatoms. The SMILES string of the molecule is COc1ccc(CCNC(=O)C2CNC2)cc1OC.Cl. The van der Waals surface area contributed by atoms with Crippen LogP contribution in [0.15, 0.2) is 18.2 Å². The number of ether oxygens (including phenoxy) is 2. The lowest BCUT2D eigenvalue weighted by Crippen LogP contribution is -2.51. The fourth-order valence-corrected chi connectivity index (χ4v) is 1.98.